The van der Waals surface area contributed by atoms with Crippen LogP contribution in [0.15, 0.2) is 23.2 Å². The Kier molecular flexibility index (Phi) is 4.82. The maximum absolute atomic E-state index is 6.01. The second-order valence-electron chi connectivity index (χ2n) is 8.01. The molecule has 1 saturated heterocycles. The van der Waals surface area contributed by atoms with Crippen molar-refractivity contribution in [3.05, 3.63) is 29.3 Å². The summed E-state index contributed by atoms with van der Waals surface area (Å²) in [5.41, 5.74) is 2.83. The molecule has 1 aromatic rings. The number of nitrogens with zero attached hydrogens (tertiary/aromatic N) is 1. The van der Waals surface area contributed by atoms with Crippen LogP contribution >= 0.6 is 0 Å². The second kappa shape index (κ2) is 7.10. The zero-order chi connectivity index (χ0) is 18.1. The number of hydrogen-bond acceptors (Lipinski definition) is 3. The van der Waals surface area contributed by atoms with Gasteiger partial charge in [0, 0.05) is 37.6 Å². The molecule has 0 amide bonds. The molecule has 3 unspecified atom stereocenters. The first-order chi connectivity index (χ1) is 12.7. The Morgan fingerprint density at radius 1 is 1.38 bits per heavy atom. The van der Waals surface area contributed by atoms with Crippen molar-refractivity contribution < 1.29 is 9.47 Å². The Labute approximate surface area is 156 Å². The number of aliphatic imine (C=N–C) groups is 1. The van der Waals surface area contributed by atoms with Gasteiger partial charge in [-0.15, -0.1) is 0 Å². The summed E-state index contributed by atoms with van der Waals surface area (Å²) in [4.78, 5) is 4.46. The van der Waals surface area contributed by atoms with E-state index in [1.165, 1.54) is 36.8 Å². The molecule has 1 spiro atoms. The fourth-order valence-electron chi connectivity index (χ4n) is 5.14. The molecule has 4 rings (SSSR count). The smallest absolute Gasteiger partial charge is 0.191 e. The van der Waals surface area contributed by atoms with Crippen LogP contribution in [0.25, 0.3) is 0 Å². The molecule has 1 aromatic carbocycles. The number of guanidine groups is 1. The highest BCUT2D eigenvalue weighted by atomic mass is 16.5. The number of aryl methyl sites for hydroxylation is 1. The maximum atomic E-state index is 6.01. The molecule has 2 N–H and O–H groups in total. The van der Waals surface area contributed by atoms with Crippen LogP contribution in [0.2, 0.25) is 0 Å². The topological polar surface area (TPSA) is 54.9 Å². The van der Waals surface area contributed by atoms with Gasteiger partial charge in [-0.1, -0.05) is 18.6 Å². The van der Waals surface area contributed by atoms with Gasteiger partial charge in [-0.25, -0.2) is 0 Å². The number of benzene rings is 1. The van der Waals surface area contributed by atoms with Gasteiger partial charge < -0.3 is 20.1 Å². The van der Waals surface area contributed by atoms with Gasteiger partial charge in [0.15, 0.2) is 5.96 Å². The van der Waals surface area contributed by atoms with Gasteiger partial charge in [0.1, 0.15) is 5.75 Å². The van der Waals surface area contributed by atoms with E-state index >= 15 is 0 Å². The van der Waals surface area contributed by atoms with Gasteiger partial charge in [0.25, 0.3) is 0 Å². The molecule has 2 aliphatic carbocycles. The van der Waals surface area contributed by atoms with E-state index in [2.05, 4.69) is 40.7 Å². The van der Waals surface area contributed by atoms with Crippen molar-refractivity contribution in [2.24, 2.45) is 16.3 Å². The third kappa shape index (κ3) is 2.86. The minimum Gasteiger partial charge on any atom is -0.496 e. The van der Waals surface area contributed by atoms with Crippen molar-refractivity contribution in [2.45, 2.75) is 51.2 Å². The molecule has 1 heterocycles. The van der Waals surface area contributed by atoms with E-state index in [9.17, 15) is 0 Å². The number of ether oxygens (including phenoxy) is 2. The summed E-state index contributed by atoms with van der Waals surface area (Å²) in [7, 11) is 3.59. The highest BCUT2D eigenvalue weighted by molar-refractivity contribution is 5.80. The lowest BCUT2D eigenvalue weighted by Gasteiger charge is -2.63. The van der Waals surface area contributed by atoms with Gasteiger partial charge >= 0.3 is 0 Å². The van der Waals surface area contributed by atoms with E-state index in [-0.39, 0.29) is 0 Å². The first-order valence-electron chi connectivity index (χ1n) is 9.90. The Morgan fingerprint density at radius 3 is 2.92 bits per heavy atom. The van der Waals surface area contributed by atoms with E-state index < -0.39 is 0 Å². The minimum atomic E-state index is 0.378. The molecule has 142 valence electrons. The first-order valence-corrected chi connectivity index (χ1v) is 9.90. The van der Waals surface area contributed by atoms with Crippen LogP contribution in [-0.4, -0.2) is 45.4 Å². The molecule has 0 bridgehead atoms. The molecule has 3 fully saturated rings. The monoisotopic (exact) mass is 357 g/mol. The highest BCUT2D eigenvalue weighted by Gasteiger charge is 2.66. The molecule has 3 atom stereocenters. The Bertz CT molecular complexity index is 684. The van der Waals surface area contributed by atoms with Crippen molar-refractivity contribution in [3.63, 3.8) is 0 Å². The van der Waals surface area contributed by atoms with Gasteiger partial charge in [0.2, 0.25) is 0 Å². The molecule has 0 radical (unpaired) electrons. The summed E-state index contributed by atoms with van der Waals surface area (Å²) in [6.07, 6.45) is 6.56. The number of rotatable bonds is 5. The van der Waals surface area contributed by atoms with Crippen molar-refractivity contribution in [3.8, 4) is 5.75 Å². The zero-order valence-electron chi connectivity index (χ0n) is 16.2. The van der Waals surface area contributed by atoms with Gasteiger partial charge in [0.05, 0.1) is 13.2 Å². The van der Waals surface area contributed by atoms with Crippen LogP contribution in [-0.2, 0) is 11.2 Å². The standard InChI is InChI=1S/C21H31N3O2/c1-14-5-6-15(13-17(14)25-3)7-11-23-20(22-2)24-18-16-8-12-26-19(16)21(18)9-4-10-21/h5-6,13,16,18-19H,4,7-12H2,1-3H3,(H2,22,23,24). The first kappa shape index (κ1) is 17.7. The minimum absolute atomic E-state index is 0.378. The molecule has 1 aliphatic heterocycles. The average molecular weight is 357 g/mol. The van der Waals surface area contributed by atoms with Crippen LogP contribution in [0.1, 0.15) is 36.8 Å². The van der Waals surface area contributed by atoms with Gasteiger partial charge in [-0.3, -0.25) is 4.99 Å². The predicted octanol–water partition coefficient (Wildman–Crippen LogP) is 2.67. The van der Waals surface area contributed by atoms with E-state index in [0.29, 0.717) is 23.5 Å². The SMILES string of the molecule is CN=C(NCCc1ccc(C)c(OC)c1)NC1C2CCOC2C12CCC2. The Morgan fingerprint density at radius 2 is 2.23 bits per heavy atom. The normalized spacial score (nSPS) is 28.9. The van der Waals surface area contributed by atoms with Crippen LogP contribution in [0.3, 0.4) is 0 Å². The third-order valence-corrected chi connectivity index (χ3v) is 6.73. The largest absolute Gasteiger partial charge is 0.496 e. The lowest BCUT2D eigenvalue weighted by molar-refractivity contribution is -0.171. The van der Waals surface area contributed by atoms with Crippen molar-refractivity contribution in [1.29, 1.82) is 0 Å². The molecule has 5 heteroatoms. The number of hydrogen-bond donors (Lipinski definition) is 2. The maximum Gasteiger partial charge on any atom is 0.191 e. The summed E-state index contributed by atoms with van der Waals surface area (Å²) in [5.74, 6) is 2.54. The number of methoxy groups -OCH3 is 1. The number of fused-ring (bicyclic) bond motifs is 2. The van der Waals surface area contributed by atoms with Crippen molar-refractivity contribution in [2.75, 3.05) is 27.3 Å². The fourth-order valence-corrected chi connectivity index (χ4v) is 5.14. The van der Waals surface area contributed by atoms with Gasteiger partial charge in [-0.05, 0) is 49.8 Å². The van der Waals surface area contributed by atoms with E-state index in [1.807, 2.05) is 7.05 Å². The van der Waals surface area contributed by atoms with Crippen LogP contribution in [0, 0.1) is 18.3 Å². The Hall–Kier alpha value is -1.75. The Balaban J connectivity index is 1.31. The molecule has 3 aliphatic rings. The molecule has 2 saturated carbocycles. The van der Waals surface area contributed by atoms with Crippen LogP contribution in [0.4, 0.5) is 0 Å². The van der Waals surface area contributed by atoms with Crippen LogP contribution in [0.5, 0.6) is 5.75 Å². The molecule has 26 heavy (non-hydrogen) atoms. The third-order valence-electron chi connectivity index (χ3n) is 6.73. The summed E-state index contributed by atoms with van der Waals surface area (Å²) >= 11 is 0. The predicted molar refractivity (Wildman–Crippen MR) is 104 cm³/mol. The fraction of sp³-hybridized carbons (Fsp3) is 0.667. The van der Waals surface area contributed by atoms with Gasteiger partial charge in [-0.2, -0.15) is 0 Å². The highest BCUT2D eigenvalue weighted by Crippen LogP contribution is 2.62. The molecular weight excluding hydrogens is 326 g/mol. The summed E-state index contributed by atoms with van der Waals surface area (Å²) in [6.45, 7) is 3.86. The average Bonchev–Trinajstić information content (AvgIpc) is 3.03. The lowest BCUT2D eigenvalue weighted by atomic mass is 9.46. The second-order valence-corrected chi connectivity index (χ2v) is 8.01. The zero-order valence-corrected chi connectivity index (χ0v) is 16.2. The molecular formula is C21H31N3O2. The van der Waals surface area contributed by atoms with Crippen molar-refractivity contribution >= 4 is 5.96 Å². The molecule has 0 aromatic heterocycles. The summed E-state index contributed by atoms with van der Waals surface area (Å²) in [5, 5.41) is 7.21. The summed E-state index contributed by atoms with van der Waals surface area (Å²) < 4.78 is 11.4. The van der Waals surface area contributed by atoms with E-state index in [1.54, 1.807) is 7.11 Å². The quantitative estimate of drug-likeness (QED) is 0.628. The van der Waals surface area contributed by atoms with Crippen LogP contribution < -0.4 is 15.4 Å². The van der Waals surface area contributed by atoms with E-state index in [0.717, 1.165) is 31.3 Å². The van der Waals surface area contributed by atoms with E-state index in [4.69, 9.17) is 9.47 Å². The summed E-state index contributed by atoms with van der Waals surface area (Å²) in [6, 6.07) is 6.94. The van der Waals surface area contributed by atoms with Crippen molar-refractivity contribution in [1.82, 2.24) is 10.6 Å². The molecule has 5 nitrogen and oxygen atoms in total. The lowest BCUT2D eigenvalue weighted by Crippen LogP contribution is -2.72. The number of nitrogens with one attached hydrogen (secondary N) is 2.